The third-order valence-electron chi connectivity index (χ3n) is 3.27. The zero-order chi connectivity index (χ0) is 13.8. The Morgan fingerprint density at radius 1 is 1.32 bits per heavy atom. The van der Waals surface area contributed by atoms with Crippen LogP contribution < -0.4 is 10.1 Å². The van der Waals surface area contributed by atoms with Crippen molar-refractivity contribution >= 4 is 11.0 Å². The molecule has 0 fully saturated rings. The van der Waals surface area contributed by atoms with Crippen molar-refractivity contribution < 1.29 is 9.15 Å². The van der Waals surface area contributed by atoms with E-state index in [4.69, 9.17) is 9.15 Å². The first-order valence-electron chi connectivity index (χ1n) is 6.99. The smallest absolute Gasteiger partial charge is 0.176 e. The quantitative estimate of drug-likeness (QED) is 0.848. The molecule has 3 heteroatoms. The molecule has 0 saturated heterocycles. The van der Waals surface area contributed by atoms with Gasteiger partial charge in [0.25, 0.3) is 0 Å². The molecule has 1 aromatic heterocycles. The Morgan fingerprint density at radius 2 is 2.11 bits per heavy atom. The Balaban J connectivity index is 2.39. The van der Waals surface area contributed by atoms with Crippen LogP contribution in [0.4, 0.5) is 0 Å². The number of hydrogen-bond acceptors (Lipinski definition) is 3. The molecule has 1 atom stereocenters. The normalized spacial score (nSPS) is 13.1. The van der Waals surface area contributed by atoms with Crippen LogP contribution in [0.1, 0.15) is 39.0 Å². The van der Waals surface area contributed by atoms with Gasteiger partial charge in [-0.05, 0) is 31.5 Å². The van der Waals surface area contributed by atoms with Crippen molar-refractivity contribution in [2.24, 2.45) is 5.92 Å². The highest BCUT2D eigenvalue weighted by Gasteiger charge is 2.19. The molecule has 1 aromatic carbocycles. The van der Waals surface area contributed by atoms with E-state index in [0.29, 0.717) is 5.92 Å². The molecule has 0 saturated carbocycles. The number of benzene rings is 1. The summed E-state index contributed by atoms with van der Waals surface area (Å²) < 4.78 is 11.8. The lowest BCUT2D eigenvalue weighted by Gasteiger charge is -2.17. The topological polar surface area (TPSA) is 34.4 Å². The van der Waals surface area contributed by atoms with Crippen molar-refractivity contribution in [2.75, 3.05) is 13.7 Å². The molecule has 19 heavy (non-hydrogen) atoms. The van der Waals surface area contributed by atoms with Gasteiger partial charge in [-0.15, -0.1) is 0 Å². The molecule has 0 radical (unpaired) electrons. The fraction of sp³-hybridized carbons (Fsp3) is 0.500. The van der Waals surface area contributed by atoms with Crippen LogP contribution >= 0.6 is 0 Å². The third-order valence-corrected chi connectivity index (χ3v) is 3.27. The van der Waals surface area contributed by atoms with Gasteiger partial charge in [0.2, 0.25) is 0 Å². The number of furan rings is 1. The molecule has 0 spiro atoms. The molecule has 0 aliphatic carbocycles. The molecule has 1 N–H and O–H groups in total. The van der Waals surface area contributed by atoms with Gasteiger partial charge in [0.1, 0.15) is 5.76 Å². The van der Waals surface area contributed by atoms with E-state index in [1.54, 1.807) is 0 Å². The maximum atomic E-state index is 6.02. The summed E-state index contributed by atoms with van der Waals surface area (Å²) in [5, 5.41) is 4.41. The molecule has 2 aromatic rings. The van der Waals surface area contributed by atoms with Gasteiger partial charge in [-0.1, -0.05) is 32.9 Å². The van der Waals surface area contributed by atoms with Crippen LogP contribution in [-0.4, -0.2) is 13.7 Å². The summed E-state index contributed by atoms with van der Waals surface area (Å²) in [6.07, 6.45) is 0.995. The lowest BCUT2D eigenvalue weighted by atomic mass is 10.0. The van der Waals surface area contributed by atoms with E-state index in [1.807, 2.05) is 19.2 Å². The molecule has 0 aliphatic heterocycles. The van der Waals surface area contributed by atoms with E-state index >= 15 is 0 Å². The fourth-order valence-corrected chi connectivity index (χ4v) is 2.34. The van der Waals surface area contributed by atoms with Crippen LogP contribution in [0.5, 0.6) is 5.75 Å². The van der Waals surface area contributed by atoms with Crippen molar-refractivity contribution in [1.29, 1.82) is 0 Å². The number of nitrogens with one attached hydrogen (secondary N) is 1. The number of fused-ring (bicyclic) bond motifs is 1. The summed E-state index contributed by atoms with van der Waals surface area (Å²) in [5.74, 6) is 2.29. The van der Waals surface area contributed by atoms with E-state index in [9.17, 15) is 0 Å². The van der Waals surface area contributed by atoms with Gasteiger partial charge >= 0.3 is 0 Å². The zero-order valence-corrected chi connectivity index (χ0v) is 12.2. The molecule has 0 aliphatic rings. The van der Waals surface area contributed by atoms with Crippen LogP contribution in [0.2, 0.25) is 0 Å². The van der Waals surface area contributed by atoms with E-state index in [2.05, 4.69) is 38.2 Å². The summed E-state index contributed by atoms with van der Waals surface area (Å²) in [4.78, 5) is 0. The molecule has 3 nitrogen and oxygen atoms in total. The van der Waals surface area contributed by atoms with Crippen molar-refractivity contribution in [3.63, 3.8) is 0 Å². The molecule has 1 heterocycles. The SMILES string of the molecule is CCCOc1cccc2cc(C(NC)C(C)C)oc12. The first-order valence-corrected chi connectivity index (χ1v) is 6.99. The molecule has 1 unspecified atom stereocenters. The number of hydrogen-bond donors (Lipinski definition) is 1. The third kappa shape index (κ3) is 2.92. The van der Waals surface area contributed by atoms with Gasteiger partial charge in [-0.3, -0.25) is 0 Å². The second-order valence-electron chi connectivity index (χ2n) is 5.18. The average Bonchev–Trinajstić information content (AvgIpc) is 2.80. The second-order valence-corrected chi connectivity index (χ2v) is 5.18. The Labute approximate surface area is 114 Å². The first kappa shape index (κ1) is 13.9. The van der Waals surface area contributed by atoms with Crippen molar-refractivity contribution in [2.45, 2.75) is 33.2 Å². The van der Waals surface area contributed by atoms with E-state index in [0.717, 1.165) is 35.5 Å². The number of para-hydroxylation sites is 1. The maximum absolute atomic E-state index is 6.02. The van der Waals surface area contributed by atoms with Crippen LogP contribution in [0.3, 0.4) is 0 Å². The zero-order valence-electron chi connectivity index (χ0n) is 12.2. The van der Waals surface area contributed by atoms with Crippen molar-refractivity contribution in [3.05, 3.63) is 30.0 Å². The van der Waals surface area contributed by atoms with Crippen LogP contribution in [-0.2, 0) is 0 Å². The predicted octanol–water partition coefficient (Wildman–Crippen LogP) is 4.14. The van der Waals surface area contributed by atoms with Gasteiger partial charge in [0, 0.05) is 5.39 Å². The standard InChI is InChI=1S/C16H23NO2/c1-5-9-18-13-8-6-7-12-10-14(19-16(12)13)15(17-4)11(2)3/h6-8,10-11,15,17H,5,9H2,1-4H3. The minimum Gasteiger partial charge on any atom is -0.490 e. The predicted molar refractivity (Wildman–Crippen MR) is 78.6 cm³/mol. The minimum absolute atomic E-state index is 0.228. The second kappa shape index (κ2) is 6.11. The summed E-state index contributed by atoms with van der Waals surface area (Å²) >= 11 is 0. The van der Waals surface area contributed by atoms with Crippen molar-refractivity contribution in [1.82, 2.24) is 5.32 Å². The largest absolute Gasteiger partial charge is 0.490 e. The van der Waals surface area contributed by atoms with Gasteiger partial charge in [-0.25, -0.2) is 0 Å². The van der Waals surface area contributed by atoms with E-state index in [-0.39, 0.29) is 6.04 Å². The monoisotopic (exact) mass is 261 g/mol. The van der Waals surface area contributed by atoms with Crippen LogP contribution in [0.25, 0.3) is 11.0 Å². The summed E-state index contributed by atoms with van der Waals surface area (Å²) in [6.45, 7) is 7.18. The molecule has 104 valence electrons. The first-order chi connectivity index (χ1) is 9.17. The fourth-order valence-electron chi connectivity index (χ4n) is 2.34. The highest BCUT2D eigenvalue weighted by molar-refractivity contribution is 5.83. The molecular weight excluding hydrogens is 238 g/mol. The highest BCUT2D eigenvalue weighted by atomic mass is 16.5. The van der Waals surface area contributed by atoms with Gasteiger partial charge in [0.15, 0.2) is 11.3 Å². The van der Waals surface area contributed by atoms with E-state index in [1.165, 1.54) is 0 Å². The molecule has 0 amide bonds. The number of rotatable bonds is 6. The summed E-state index contributed by atoms with van der Waals surface area (Å²) in [7, 11) is 1.96. The Bertz CT molecular complexity index is 531. The average molecular weight is 261 g/mol. The van der Waals surface area contributed by atoms with Crippen molar-refractivity contribution in [3.8, 4) is 5.75 Å². The van der Waals surface area contributed by atoms with Crippen LogP contribution in [0.15, 0.2) is 28.7 Å². The van der Waals surface area contributed by atoms with Gasteiger partial charge in [-0.2, -0.15) is 0 Å². The Hall–Kier alpha value is -1.48. The van der Waals surface area contributed by atoms with Crippen LogP contribution in [0, 0.1) is 5.92 Å². The molecule has 0 bridgehead atoms. The lowest BCUT2D eigenvalue weighted by molar-refractivity contribution is 0.312. The molecular formula is C16H23NO2. The summed E-state index contributed by atoms with van der Waals surface area (Å²) in [6, 6.07) is 8.38. The van der Waals surface area contributed by atoms with E-state index < -0.39 is 0 Å². The minimum atomic E-state index is 0.228. The summed E-state index contributed by atoms with van der Waals surface area (Å²) in [5.41, 5.74) is 0.854. The lowest BCUT2D eigenvalue weighted by Crippen LogP contribution is -2.20. The Kier molecular flexibility index (Phi) is 4.48. The maximum Gasteiger partial charge on any atom is 0.176 e. The van der Waals surface area contributed by atoms with Gasteiger partial charge < -0.3 is 14.5 Å². The van der Waals surface area contributed by atoms with Gasteiger partial charge in [0.05, 0.1) is 12.6 Å². The highest BCUT2D eigenvalue weighted by Crippen LogP contribution is 2.33. The molecule has 2 rings (SSSR count). The number of ether oxygens (including phenoxy) is 1. The Morgan fingerprint density at radius 3 is 2.74 bits per heavy atom.